The molecule has 0 aromatic heterocycles. The highest BCUT2D eigenvalue weighted by molar-refractivity contribution is 9.10. The molecule has 9 heteroatoms. The smallest absolute Gasteiger partial charge is 0.335 e. The molecule has 36 heavy (non-hydrogen) atoms. The van der Waals surface area contributed by atoms with Crippen LogP contribution in [0.25, 0.3) is 6.08 Å². The molecule has 1 saturated heterocycles. The first kappa shape index (κ1) is 25.5. The minimum Gasteiger partial charge on any atom is -0.493 e. The lowest BCUT2D eigenvalue weighted by Gasteiger charge is -2.27. The molecule has 1 N–H and O–H groups in total. The first-order valence-corrected chi connectivity index (χ1v) is 12.1. The molecule has 0 spiro atoms. The van der Waals surface area contributed by atoms with Crippen molar-refractivity contribution in [3.05, 3.63) is 91.9 Å². The minimum atomic E-state index is -0.795. The number of hydrogen-bond donors (Lipinski definition) is 1. The molecule has 0 radical (unpaired) electrons. The van der Waals surface area contributed by atoms with E-state index < -0.39 is 17.8 Å². The molecule has 1 heterocycles. The van der Waals surface area contributed by atoms with Crippen molar-refractivity contribution in [3.63, 3.8) is 0 Å². The number of aryl methyl sites for hydroxylation is 2. The van der Waals surface area contributed by atoms with Gasteiger partial charge in [0.15, 0.2) is 11.5 Å². The number of hydrogen-bond acceptors (Lipinski definition) is 5. The van der Waals surface area contributed by atoms with E-state index in [1.165, 1.54) is 13.2 Å². The van der Waals surface area contributed by atoms with Crippen LogP contribution >= 0.6 is 27.5 Å². The fourth-order valence-corrected chi connectivity index (χ4v) is 4.59. The maximum absolute atomic E-state index is 13.3. The van der Waals surface area contributed by atoms with Crippen LogP contribution in [0.4, 0.5) is 10.5 Å². The predicted octanol–water partition coefficient (Wildman–Crippen LogP) is 5.97. The van der Waals surface area contributed by atoms with Crippen molar-refractivity contribution in [2.45, 2.75) is 20.5 Å². The Balaban J connectivity index is 1.66. The number of rotatable bonds is 6. The zero-order valence-corrected chi connectivity index (χ0v) is 22.1. The fourth-order valence-electron chi connectivity index (χ4n) is 3.83. The van der Waals surface area contributed by atoms with Gasteiger partial charge in [-0.15, -0.1) is 0 Å². The first-order valence-electron chi connectivity index (χ1n) is 10.9. The number of benzene rings is 3. The number of carbonyl (C=O) groups is 3. The van der Waals surface area contributed by atoms with Crippen molar-refractivity contribution >= 4 is 57.1 Å². The Kier molecular flexibility index (Phi) is 7.47. The third kappa shape index (κ3) is 5.15. The molecule has 1 fully saturated rings. The number of ether oxygens (including phenoxy) is 2. The van der Waals surface area contributed by atoms with Crippen LogP contribution in [0.1, 0.15) is 22.3 Å². The van der Waals surface area contributed by atoms with Gasteiger partial charge in [-0.2, -0.15) is 0 Å². The van der Waals surface area contributed by atoms with Gasteiger partial charge in [-0.1, -0.05) is 47.5 Å². The summed E-state index contributed by atoms with van der Waals surface area (Å²) in [6.45, 7) is 3.92. The van der Waals surface area contributed by atoms with Crippen LogP contribution in [0.3, 0.4) is 0 Å². The summed E-state index contributed by atoms with van der Waals surface area (Å²) in [6.07, 6.45) is 1.41. The molecule has 3 aromatic rings. The van der Waals surface area contributed by atoms with Gasteiger partial charge in [0.25, 0.3) is 11.8 Å². The molecule has 0 atom stereocenters. The van der Waals surface area contributed by atoms with Crippen LogP contribution in [0.5, 0.6) is 11.5 Å². The summed E-state index contributed by atoms with van der Waals surface area (Å²) < 4.78 is 12.0. The Morgan fingerprint density at radius 2 is 1.81 bits per heavy atom. The molecule has 0 saturated carbocycles. The van der Waals surface area contributed by atoms with E-state index >= 15 is 0 Å². The summed E-state index contributed by atoms with van der Waals surface area (Å²) in [7, 11) is 1.49. The molecule has 1 aliphatic rings. The van der Waals surface area contributed by atoms with E-state index in [0.717, 1.165) is 21.6 Å². The van der Waals surface area contributed by atoms with E-state index in [4.69, 9.17) is 21.1 Å². The van der Waals surface area contributed by atoms with E-state index in [-0.39, 0.29) is 12.2 Å². The second kappa shape index (κ2) is 10.6. The van der Waals surface area contributed by atoms with Crippen molar-refractivity contribution in [1.29, 1.82) is 0 Å². The van der Waals surface area contributed by atoms with Gasteiger partial charge in [0.1, 0.15) is 12.2 Å². The van der Waals surface area contributed by atoms with E-state index in [2.05, 4.69) is 21.2 Å². The van der Waals surface area contributed by atoms with Crippen molar-refractivity contribution < 1.29 is 23.9 Å². The molecule has 3 aromatic carbocycles. The number of nitrogens with one attached hydrogen (secondary N) is 1. The van der Waals surface area contributed by atoms with E-state index in [1.54, 1.807) is 37.3 Å². The van der Waals surface area contributed by atoms with E-state index in [0.29, 0.717) is 32.2 Å². The minimum absolute atomic E-state index is 0.187. The third-order valence-corrected chi connectivity index (χ3v) is 6.55. The lowest BCUT2D eigenvalue weighted by molar-refractivity contribution is -0.122. The highest BCUT2D eigenvalue weighted by atomic mass is 79.9. The van der Waals surface area contributed by atoms with E-state index in [9.17, 15) is 14.4 Å². The molecule has 4 amide bonds. The highest BCUT2D eigenvalue weighted by Gasteiger charge is 2.37. The van der Waals surface area contributed by atoms with Crippen LogP contribution in [-0.2, 0) is 16.2 Å². The van der Waals surface area contributed by atoms with Gasteiger partial charge in [0, 0.05) is 10.6 Å². The third-order valence-electron chi connectivity index (χ3n) is 5.59. The first-order chi connectivity index (χ1) is 17.2. The number of methoxy groups -OCH3 is 1. The van der Waals surface area contributed by atoms with Crippen LogP contribution in [0.15, 0.2) is 64.6 Å². The Hall–Kier alpha value is -3.62. The van der Waals surface area contributed by atoms with Gasteiger partial charge < -0.3 is 9.47 Å². The quantitative estimate of drug-likeness (QED) is 0.292. The van der Waals surface area contributed by atoms with Crippen molar-refractivity contribution in [1.82, 2.24) is 5.32 Å². The molecule has 0 unspecified atom stereocenters. The molecule has 184 valence electrons. The summed E-state index contributed by atoms with van der Waals surface area (Å²) >= 11 is 9.70. The number of anilines is 1. The molecular weight excluding hydrogens is 548 g/mol. The average molecular weight is 570 g/mol. The number of halogens is 2. The second-order valence-corrected chi connectivity index (χ2v) is 9.42. The van der Waals surface area contributed by atoms with Gasteiger partial charge in [-0.05, 0) is 71.2 Å². The fraction of sp³-hybridized carbons (Fsp3) is 0.148. The maximum atomic E-state index is 13.3. The number of urea groups is 1. The van der Waals surface area contributed by atoms with Crippen LogP contribution in [0.2, 0.25) is 5.02 Å². The number of amides is 4. The summed E-state index contributed by atoms with van der Waals surface area (Å²) in [5, 5.41) is 2.83. The number of barbiturate groups is 1. The van der Waals surface area contributed by atoms with Gasteiger partial charge in [-0.3, -0.25) is 14.9 Å². The van der Waals surface area contributed by atoms with Crippen molar-refractivity contribution in [2.24, 2.45) is 0 Å². The normalized spacial score (nSPS) is 14.8. The zero-order valence-electron chi connectivity index (χ0n) is 19.7. The van der Waals surface area contributed by atoms with Crippen LogP contribution < -0.4 is 19.7 Å². The van der Waals surface area contributed by atoms with Gasteiger partial charge in [-0.25, -0.2) is 9.69 Å². The lowest BCUT2D eigenvalue weighted by atomic mass is 10.0. The SMILES string of the molecule is COc1cc(/C=C2\C(=O)NC(=O)N(c3ccc(C)cc3C)C2=O)cc(Br)c1OCc1ccccc1Cl. The number of carbonyl (C=O) groups excluding carboxylic acids is 3. The second-order valence-electron chi connectivity index (χ2n) is 8.16. The Morgan fingerprint density at radius 3 is 2.50 bits per heavy atom. The highest BCUT2D eigenvalue weighted by Crippen LogP contribution is 2.38. The molecule has 7 nitrogen and oxygen atoms in total. The van der Waals surface area contributed by atoms with Crippen LogP contribution in [-0.4, -0.2) is 25.0 Å². The topological polar surface area (TPSA) is 84.9 Å². The Bertz CT molecular complexity index is 1420. The number of imide groups is 2. The van der Waals surface area contributed by atoms with Gasteiger partial charge in [0.05, 0.1) is 17.3 Å². The molecule has 4 rings (SSSR count). The van der Waals surface area contributed by atoms with E-state index in [1.807, 2.05) is 31.2 Å². The van der Waals surface area contributed by atoms with Crippen molar-refractivity contribution in [2.75, 3.05) is 12.0 Å². The molecule has 0 bridgehead atoms. The van der Waals surface area contributed by atoms with Gasteiger partial charge >= 0.3 is 6.03 Å². The zero-order chi connectivity index (χ0) is 26.0. The summed E-state index contributed by atoms with van der Waals surface area (Å²) in [4.78, 5) is 39.4. The Labute approximate surface area is 221 Å². The average Bonchev–Trinajstić information content (AvgIpc) is 2.83. The molecular formula is C27H22BrClN2O5. The summed E-state index contributed by atoms with van der Waals surface area (Å²) in [5.41, 5.74) is 3.24. The molecule has 0 aliphatic carbocycles. The predicted molar refractivity (Wildman–Crippen MR) is 141 cm³/mol. The summed E-state index contributed by atoms with van der Waals surface area (Å²) in [5.74, 6) is -0.676. The monoisotopic (exact) mass is 568 g/mol. The maximum Gasteiger partial charge on any atom is 0.335 e. The standard InChI is InChI=1S/C27H22BrClN2O5/c1-15-8-9-22(16(2)10-15)31-26(33)19(25(32)30-27(31)34)11-17-12-20(28)24(23(13-17)35-3)36-14-18-6-4-5-7-21(18)29/h4-13H,14H2,1-3H3,(H,30,32,34)/b19-11+. The van der Waals surface area contributed by atoms with Crippen LogP contribution in [0, 0.1) is 13.8 Å². The van der Waals surface area contributed by atoms with Gasteiger partial charge in [0.2, 0.25) is 0 Å². The number of nitrogens with zero attached hydrogens (tertiary/aromatic N) is 1. The van der Waals surface area contributed by atoms with Crippen molar-refractivity contribution in [3.8, 4) is 11.5 Å². The largest absolute Gasteiger partial charge is 0.493 e. The summed E-state index contributed by atoms with van der Waals surface area (Å²) in [6, 6.07) is 15.2. The molecule has 1 aliphatic heterocycles. The lowest BCUT2D eigenvalue weighted by Crippen LogP contribution is -2.54. The Morgan fingerprint density at radius 1 is 1.06 bits per heavy atom.